The van der Waals surface area contributed by atoms with E-state index in [1.807, 2.05) is 48.5 Å². The lowest BCUT2D eigenvalue weighted by Gasteiger charge is -2.37. The first-order chi connectivity index (χ1) is 17.6. The summed E-state index contributed by atoms with van der Waals surface area (Å²) in [5, 5.41) is 16.0. The maximum absolute atomic E-state index is 12.7. The Morgan fingerprint density at radius 1 is 1.06 bits per heavy atom. The molecule has 0 saturated carbocycles. The van der Waals surface area contributed by atoms with Crippen molar-refractivity contribution in [1.29, 1.82) is 0 Å². The molecule has 192 valence electrons. The number of benzene rings is 2. The summed E-state index contributed by atoms with van der Waals surface area (Å²) >= 11 is 0. The molecular formula is C28H34N2O6. The first-order valence-electron chi connectivity index (χ1n) is 12.9. The van der Waals surface area contributed by atoms with E-state index < -0.39 is 6.10 Å². The number of aliphatic hydroxyl groups excluding tert-OH is 1. The Hall–Kier alpha value is -2.94. The van der Waals surface area contributed by atoms with Crippen molar-refractivity contribution in [3.8, 4) is 5.75 Å². The third-order valence-corrected chi connectivity index (χ3v) is 7.35. The maximum atomic E-state index is 12.7. The molecular weight excluding hydrogens is 460 g/mol. The average molecular weight is 495 g/mol. The molecule has 3 N–H and O–H groups in total. The minimum atomic E-state index is -0.515. The van der Waals surface area contributed by atoms with Crippen LogP contribution in [0.5, 0.6) is 5.75 Å². The monoisotopic (exact) mass is 494 g/mol. The zero-order valence-corrected chi connectivity index (χ0v) is 20.4. The van der Waals surface area contributed by atoms with E-state index in [0.717, 1.165) is 36.3 Å². The van der Waals surface area contributed by atoms with Gasteiger partial charge in [-0.25, -0.2) is 0 Å². The number of aliphatic hydroxyl groups is 1. The maximum Gasteiger partial charge on any atom is 0.227 e. The molecule has 8 heteroatoms. The standard InChI is InChI=1S/C28H34N2O6/c31-17-25-27-23(15-21(35-25)16-26(32)29-11-8-18-4-2-1-3-5-18)22-14-20(6-7-24(22)36-27)30-28(33)19-9-12-34-13-10-19/h1-7,14,19,21,23,25,27,31H,8-13,15-17H2,(H,29,32)(H,30,33)/t21-,23+,25-,27-/m1/s1. The largest absolute Gasteiger partial charge is 0.487 e. The van der Waals surface area contributed by atoms with Gasteiger partial charge in [0.25, 0.3) is 0 Å². The van der Waals surface area contributed by atoms with Crippen LogP contribution in [0, 0.1) is 5.92 Å². The minimum absolute atomic E-state index is 0.0129. The lowest BCUT2D eigenvalue weighted by atomic mass is 9.84. The highest BCUT2D eigenvalue weighted by atomic mass is 16.6. The second-order valence-electron chi connectivity index (χ2n) is 9.82. The van der Waals surface area contributed by atoms with Crippen LogP contribution in [-0.2, 0) is 25.5 Å². The van der Waals surface area contributed by atoms with E-state index in [9.17, 15) is 14.7 Å². The van der Waals surface area contributed by atoms with E-state index in [4.69, 9.17) is 14.2 Å². The molecule has 3 aliphatic rings. The van der Waals surface area contributed by atoms with Crippen molar-refractivity contribution in [3.63, 3.8) is 0 Å². The Balaban J connectivity index is 1.20. The molecule has 4 atom stereocenters. The van der Waals surface area contributed by atoms with Gasteiger partial charge < -0.3 is 30.0 Å². The van der Waals surface area contributed by atoms with Crippen LogP contribution in [0.3, 0.4) is 0 Å². The number of nitrogens with one attached hydrogen (secondary N) is 2. The molecule has 3 heterocycles. The highest BCUT2D eigenvalue weighted by Crippen LogP contribution is 2.47. The highest BCUT2D eigenvalue weighted by molar-refractivity contribution is 5.92. The fourth-order valence-corrected chi connectivity index (χ4v) is 5.44. The predicted octanol–water partition coefficient (Wildman–Crippen LogP) is 2.80. The molecule has 0 unspecified atom stereocenters. The molecule has 2 aromatic rings. The van der Waals surface area contributed by atoms with Gasteiger partial charge >= 0.3 is 0 Å². The van der Waals surface area contributed by atoms with Gasteiger partial charge in [-0.2, -0.15) is 0 Å². The number of hydrogen-bond acceptors (Lipinski definition) is 6. The molecule has 0 spiro atoms. The van der Waals surface area contributed by atoms with Crippen molar-refractivity contribution in [2.24, 2.45) is 5.92 Å². The number of fused-ring (bicyclic) bond motifs is 3. The van der Waals surface area contributed by atoms with Gasteiger partial charge in [-0.15, -0.1) is 0 Å². The summed E-state index contributed by atoms with van der Waals surface area (Å²) in [6.07, 6.45) is 1.91. The third-order valence-electron chi connectivity index (χ3n) is 7.35. The fourth-order valence-electron chi connectivity index (χ4n) is 5.44. The van der Waals surface area contributed by atoms with Gasteiger partial charge in [-0.05, 0) is 49.4 Å². The van der Waals surface area contributed by atoms with Crippen LogP contribution < -0.4 is 15.4 Å². The van der Waals surface area contributed by atoms with Gasteiger partial charge in [0.05, 0.1) is 19.1 Å². The Labute approximate surface area is 211 Å². The molecule has 8 nitrogen and oxygen atoms in total. The molecule has 5 rings (SSSR count). The predicted molar refractivity (Wildman–Crippen MR) is 134 cm³/mol. The molecule has 0 radical (unpaired) electrons. The Morgan fingerprint density at radius 3 is 2.64 bits per heavy atom. The van der Waals surface area contributed by atoms with Crippen molar-refractivity contribution < 1.29 is 28.9 Å². The number of amides is 2. The van der Waals surface area contributed by atoms with Gasteiger partial charge in [0.15, 0.2) is 0 Å². The zero-order valence-electron chi connectivity index (χ0n) is 20.4. The summed E-state index contributed by atoms with van der Waals surface area (Å²) in [5.41, 5.74) is 2.90. The normalized spacial score (nSPS) is 25.4. The van der Waals surface area contributed by atoms with Gasteiger partial charge in [0.2, 0.25) is 11.8 Å². The third kappa shape index (κ3) is 5.72. The number of carbonyl (C=O) groups is 2. The topological polar surface area (TPSA) is 106 Å². The van der Waals surface area contributed by atoms with E-state index in [-0.39, 0.29) is 48.9 Å². The average Bonchev–Trinajstić information content (AvgIpc) is 3.27. The lowest BCUT2D eigenvalue weighted by Crippen LogP contribution is -2.47. The smallest absolute Gasteiger partial charge is 0.227 e. The first kappa shape index (κ1) is 24.7. The van der Waals surface area contributed by atoms with Crippen LogP contribution in [0.15, 0.2) is 48.5 Å². The van der Waals surface area contributed by atoms with Crippen molar-refractivity contribution in [3.05, 3.63) is 59.7 Å². The molecule has 0 aromatic heterocycles. The fraction of sp³-hybridized carbons (Fsp3) is 0.500. The Bertz CT molecular complexity index is 1060. The number of hydrogen-bond donors (Lipinski definition) is 3. The Morgan fingerprint density at radius 2 is 1.86 bits per heavy atom. The van der Waals surface area contributed by atoms with Crippen molar-refractivity contribution in [2.75, 3.05) is 31.7 Å². The van der Waals surface area contributed by atoms with E-state index >= 15 is 0 Å². The van der Waals surface area contributed by atoms with E-state index in [0.29, 0.717) is 26.2 Å². The second-order valence-corrected chi connectivity index (χ2v) is 9.82. The summed E-state index contributed by atoms with van der Waals surface area (Å²) in [6.45, 7) is 1.61. The zero-order chi connectivity index (χ0) is 24.9. The summed E-state index contributed by atoms with van der Waals surface area (Å²) < 4.78 is 17.6. The van der Waals surface area contributed by atoms with Crippen LogP contribution >= 0.6 is 0 Å². The number of carbonyl (C=O) groups excluding carboxylic acids is 2. The molecule has 2 saturated heterocycles. The van der Waals surface area contributed by atoms with Crippen LogP contribution in [0.25, 0.3) is 0 Å². The van der Waals surface area contributed by atoms with Crippen LogP contribution in [-0.4, -0.2) is 61.6 Å². The second kappa shape index (κ2) is 11.4. The number of ether oxygens (including phenoxy) is 3. The highest BCUT2D eigenvalue weighted by Gasteiger charge is 2.46. The first-order valence-corrected chi connectivity index (χ1v) is 12.9. The van der Waals surface area contributed by atoms with Gasteiger partial charge in [-0.1, -0.05) is 30.3 Å². The van der Waals surface area contributed by atoms with E-state index in [2.05, 4.69) is 10.6 Å². The van der Waals surface area contributed by atoms with E-state index in [1.165, 1.54) is 5.56 Å². The summed E-state index contributed by atoms with van der Waals surface area (Å²) in [6, 6.07) is 15.7. The van der Waals surface area contributed by atoms with Crippen LogP contribution in [0.1, 0.15) is 42.7 Å². The molecule has 3 aliphatic heterocycles. The molecule has 2 amide bonds. The molecule has 2 aromatic carbocycles. The molecule has 2 fully saturated rings. The lowest BCUT2D eigenvalue weighted by molar-refractivity contribution is -0.142. The minimum Gasteiger partial charge on any atom is -0.487 e. The van der Waals surface area contributed by atoms with Gasteiger partial charge in [-0.3, -0.25) is 9.59 Å². The van der Waals surface area contributed by atoms with Crippen molar-refractivity contribution >= 4 is 17.5 Å². The number of rotatable bonds is 8. The molecule has 0 aliphatic carbocycles. The summed E-state index contributed by atoms with van der Waals surface area (Å²) in [5.74, 6) is 0.626. The van der Waals surface area contributed by atoms with Crippen LogP contribution in [0.2, 0.25) is 0 Å². The van der Waals surface area contributed by atoms with Crippen LogP contribution in [0.4, 0.5) is 5.69 Å². The van der Waals surface area contributed by atoms with E-state index in [1.54, 1.807) is 0 Å². The van der Waals surface area contributed by atoms with Gasteiger partial charge in [0.1, 0.15) is 18.0 Å². The molecule has 0 bridgehead atoms. The van der Waals surface area contributed by atoms with Crippen molar-refractivity contribution in [2.45, 2.75) is 56.3 Å². The van der Waals surface area contributed by atoms with Gasteiger partial charge in [0, 0.05) is 42.8 Å². The summed E-state index contributed by atoms with van der Waals surface area (Å²) in [7, 11) is 0. The SMILES string of the molecule is O=C(C[C@H]1C[C@H]2c3cc(NC(=O)C4CCOCC4)ccc3O[C@H]2[C@@H](CO)O1)NCCc1ccccc1. The number of anilines is 1. The Kier molecular flexibility index (Phi) is 7.84. The van der Waals surface area contributed by atoms with Crippen molar-refractivity contribution in [1.82, 2.24) is 5.32 Å². The summed E-state index contributed by atoms with van der Waals surface area (Å²) in [4.78, 5) is 25.3. The molecule has 36 heavy (non-hydrogen) atoms. The quantitative estimate of drug-likeness (QED) is 0.521.